The third-order valence-corrected chi connectivity index (χ3v) is 3.89. The number of nitrogens with one attached hydrogen (secondary N) is 2. The van der Waals surface area contributed by atoms with Gasteiger partial charge in [-0.1, -0.05) is 12.1 Å². The van der Waals surface area contributed by atoms with Gasteiger partial charge in [0.1, 0.15) is 5.82 Å². The second-order valence-electron chi connectivity index (χ2n) is 6.12. The van der Waals surface area contributed by atoms with Crippen LogP contribution in [-0.4, -0.2) is 38.4 Å². The lowest BCUT2D eigenvalue weighted by molar-refractivity contribution is 0.174. The topological polar surface area (TPSA) is 71.0 Å². The molecule has 0 amide bonds. The number of fused-ring (bicyclic) bond motifs is 1. The Balaban J connectivity index is 1.63. The van der Waals surface area contributed by atoms with Gasteiger partial charge >= 0.3 is 0 Å². The second kappa shape index (κ2) is 8.42. The minimum Gasteiger partial charge on any atom is -0.454 e. The molecule has 1 aromatic heterocycles. The summed E-state index contributed by atoms with van der Waals surface area (Å²) in [5.74, 6) is 3.25. The highest BCUT2D eigenvalue weighted by molar-refractivity contribution is 5.79. The van der Waals surface area contributed by atoms with Crippen LogP contribution < -0.4 is 25.0 Å². The molecule has 0 spiro atoms. The first-order valence-corrected chi connectivity index (χ1v) is 8.69. The third kappa shape index (κ3) is 4.56. The smallest absolute Gasteiger partial charge is 0.231 e. The molecule has 1 aliphatic heterocycles. The summed E-state index contributed by atoms with van der Waals surface area (Å²) in [6.45, 7) is 4.28. The molecule has 0 radical (unpaired) electrons. The predicted octanol–water partition coefficient (Wildman–Crippen LogP) is 2.13. The van der Waals surface area contributed by atoms with Crippen molar-refractivity contribution in [1.29, 1.82) is 0 Å². The first-order chi connectivity index (χ1) is 12.7. The molecular formula is C19H25N5O2. The number of guanidine groups is 1. The number of benzene rings is 1. The summed E-state index contributed by atoms with van der Waals surface area (Å²) in [6, 6.07) is 11.9. The molecule has 0 saturated heterocycles. The lowest BCUT2D eigenvalue weighted by Gasteiger charge is -2.14. The van der Waals surface area contributed by atoms with Crippen LogP contribution in [0.4, 0.5) is 5.82 Å². The van der Waals surface area contributed by atoms with Gasteiger partial charge in [-0.05, 0) is 36.8 Å². The van der Waals surface area contributed by atoms with Crippen molar-refractivity contribution in [2.75, 3.05) is 32.3 Å². The molecule has 26 heavy (non-hydrogen) atoms. The largest absolute Gasteiger partial charge is 0.454 e. The number of aliphatic imine (C=N–C) groups is 1. The van der Waals surface area contributed by atoms with Gasteiger partial charge in [-0.3, -0.25) is 0 Å². The quantitative estimate of drug-likeness (QED) is 0.611. The van der Waals surface area contributed by atoms with Gasteiger partial charge in [-0.25, -0.2) is 9.98 Å². The van der Waals surface area contributed by atoms with Crippen LogP contribution in [0, 0.1) is 0 Å². The molecule has 0 bridgehead atoms. The maximum atomic E-state index is 5.42. The van der Waals surface area contributed by atoms with Crippen LogP contribution >= 0.6 is 0 Å². The van der Waals surface area contributed by atoms with E-state index in [4.69, 9.17) is 9.47 Å². The van der Waals surface area contributed by atoms with Crippen LogP contribution in [-0.2, 0) is 13.1 Å². The molecule has 0 aliphatic carbocycles. The van der Waals surface area contributed by atoms with Gasteiger partial charge in [-0.15, -0.1) is 0 Å². The van der Waals surface area contributed by atoms with Gasteiger partial charge in [0.2, 0.25) is 6.79 Å². The van der Waals surface area contributed by atoms with Crippen LogP contribution in [0.15, 0.2) is 41.4 Å². The number of hydrogen-bond acceptors (Lipinski definition) is 5. The summed E-state index contributed by atoms with van der Waals surface area (Å²) in [4.78, 5) is 11.2. The molecule has 2 N–H and O–H groups in total. The summed E-state index contributed by atoms with van der Waals surface area (Å²) >= 11 is 0. The van der Waals surface area contributed by atoms with Gasteiger partial charge in [-0.2, -0.15) is 0 Å². The highest BCUT2D eigenvalue weighted by Crippen LogP contribution is 2.32. The van der Waals surface area contributed by atoms with E-state index in [9.17, 15) is 0 Å². The molecule has 2 aromatic rings. The number of aromatic nitrogens is 1. The molecule has 7 nitrogen and oxygen atoms in total. The van der Waals surface area contributed by atoms with E-state index in [2.05, 4.69) is 20.6 Å². The van der Waals surface area contributed by atoms with E-state index in [0.717, 1.165) is 41.1 Å². The summed E-state index contributed by atoms with van der Waals surface area (Å²) in [6.07, 6.45) is 0. The maximum absolute atomic E-state index is 5.42. The average Bonchev–Trinajstić information content (AvgIpc) is 3.12. The van der Waals surface area contributed by atoms with Gasteiger partial charge in [0.05, 0.1) is 18.8 Å². The van der Waals surface area contributed by atoms with Crippen LogP contribution in [0.5, 0.6) is 11.5 Å². The maximum Gasteiger partial charge on any atom is 0.231 e. The zero-order valence-electron chi connectivity index (χ0n) is 15.5. The summed E-state index contributed by atoms with van der Waals surface area (Å²) in [5.41, 5.74) is 2.03. The minimum absolute atomic E-state index is 0.283. The number of ether oxygens (including phenoxy) is 2. The number of hydrogen-bond donors (Lipinski definition) is 2. The zero-order chi connectivity index (χ0) is 18.4. The van der Waals surface area contributed by atoms with Crippen LogP contribution in [0.1, 0.15) is 18.2 Å². The van der Waals surface area contributed by atoms with Crippen molar-refractivity contribution in [3.05, 3.63) is 47.7 Å². The first-order valence-electron chi connectivity index (χ1n) is 8.69. The van der Waals surface area contributed by atoms with E-state index in [-0.39, 0.29) is 6.79 Å². The molecule has 0 atom stereocenters. The first kappa shape index (κ1) is 17.8. The molecule has 7 heteroatoms. The molecular weight excluding hydrogens is 330 g/mol. The summed E-state index contributed by atoms with van der Waals surface area (Å²) in [7, 11) is 3.97. The van der Waals surface area contributed by atoms with Gasteiger partial charge < -0.3 is 25.0 Å². The van der Waals surface area contributed by atoms with E-state index in [1.54, 1.807) is 0 Å². The van der Waals surface area contributed by atoms with Crippen molar-refractivity contribution in [2.24, 2.45) is 4.99 Å². The molecule has 1 aromatic carbocycles. The molecule has 0 fully saturated rings. The standard InChI is InChI=1S/C19H25N5O2/c1-4-20-19(22-12-15-6-5-7-18(23-15)24(2)3)21-11-14-8-9-16-17(10-14)26-13-25-16/h5-10H,4,11-13H2,1-3H3,(H2,20,21,22). The Labute approximate surface area is 154 Å². The fourth-order valence-electron chi connectivity index (χ4n) is 2.54. The van der Waals surface area contributed by atoms with E-state index >= 15 is 0 Å². The molecule has 0 saturated carbocycles. The second-order valence-corrected chi connectivity index (χ2v) is 6.12. The summed E-state index contributed by atoms with van der Waals surface area (Å²) < 4.78 is 10.8. The lowest BCUT2D eigenvalue weighted by Crippen LogP contribution is -2.37. The minimum atomic E-state index is 0.283. The van der Waals surface area contributed by atoms with E-state index < -0.39 is 0 Å². The van der Waals surface area contributed by atoms with Crippen LogP contribution in [0.2, 0.25) is 0 Å². The molecule has 0 unspecified atom stereocenters. The van der Waals surface area contributed by atoms with Gasteiger partial charge in [0, 0.05) is 20.6 Å². The van der Waals surface area contributed by atoms with Crippen molar-refractivity contribution in [3.8, 4) is 11.5 Å². The zero-order valence-corrected chi connectivity index (χ0v) is 15.5. The fourth-order valence-corrected chi connectivity index (χ4v) is 2.54. The number of pyridine rings is 1. The highest BCUT2D eigenvalue weighted by Gasteiger charge is 2.13. The van der Waals surface area contributed by atoms with Crippen LogP contribution in [0.25, 0.3) is 0 Å². The van der Waals surface area contributed by atoms with E-state index in [1.165, 1.54) is 0 Å². The van der Waals surface area contributed by atoms with Crippen molar-refractivity contribution in [2.45, 2.75) is 20.0 Å². The Morgan fingerprint density at radius 3 is 2.81 bits per heavy atom. The van der Waals surface area contributed by atoms with E-state index in [0.29, 0.717) is 13.1 Å². The Morgan fingerprint density at radius 1 is 1.15 bits per heavy atom. The number of anilines is 1. The lowest BCUT2D eigenvalue weighted by atomic mass is 10.2. The Hall–Kier alpha value is -2.96. The highest BCUT2D eigenvalue weighted by atomic mass is 16.7. The van der Waals surface area contributed by atoms with Crippen LogP contribution in [0.3, 0.4) is 0 Å². The molecule has 3 rings (SSSR count). The monoisotopic (exact) mass is 355 g/mol. The molecule has 1 aliphatic rings. The molecule has 2 heterocycles. The summed E-state index contributed by atoms with van der Waals surface area (Å²) in [5, 5.41) is 6.59. The van der Waals surface area contributed by atoms with E-state index in [1.807, 2.05) is 62.3 Å². The fraction of sp³-hybridized carbons (Fsp3) is 0.368. The third-order valence-electron chi connectivity index (χ3n) is 3.89. The van der Waals surface area contributed by atoms with Gasteiger partial charge in [0.25, 0.3) is 0 Å². The number of nitrogens with zero attached hydrogens (tertiary/aromatic N) is 3. The van der Waals surface area contributed by atoms with Crippen molar-refractivity contribution in [3.63, 3.8) is 0 Å². The normalized spacial score (nSPS) is 12.8. The SMILES string of the molecule is CCNC(=NCc1ccc2c(c1)OCO2)NCc1cccc(N(C)C)n1. The predicted molar refractivity (Wildman–Crippen MR) is 103 cm³/mol. The Morgan fingerprint density at radius 2 is 2.00 bits per heavy atom. The van der Waals surface area contributed by atoms with Crippen molar-refractivity contribution >= 4 is 11.8 Å². The Kier molecular flexibility index (Phi) is 5.78. The number of rotatable bonds is 6. The Bertz CT molecular complexity index is 776. The van der Waals surface area contributed by atoms with Crippen molar-refractivity contribution in [1.82, 2.24) is 15.6 Å². The van der Waals surface area contributed by atoms with Gasteiger partial charge in [0.15, 0.2) is 17.5 Å². The average molecular weight is 355 g/mol. The van der Waals surface area contributed by atoms with Crippen molar-refractivity contribution < 1.29 is 9.47 Å². The molecule has 138 valence electrons.